The maximum Gasteiger partial charge on any atom is 0.276 e. The van der Waals surface area contributed by atoms with E-state index in [1.54, 1.807) is 25.1 Å². The van der Waals surface area contributed by atoms with Gasteiger partial charge in [-0.3, -0.25) is 0 Å². The third-order valence-electron chi connectivity index (χ3n) is 2.75. The van der Waals surface area contributed by atoms with E-state index in [1.165, 1.54) is 30.3 Å². The van der Waals surface area contributed by atoms with Crippen molar-refractivity contribution in [2.45, 2.75) is 11.8 Å². The van der Waals surface area contributed by atoms with E-state index in [9.17, 15) is 13.5 Å². The van der Waals surface area contributed by atoms with Crippen LogP contribution in [0.5, 0.6) is 5.75 Å². The number of phenols is 1. The molecule has 0 aliphatic heterocycles. The van der Waals surface area contributed by atoms with Crippen LogP contribution in [0.3, 0.4) is 0 Å². The summed E-state index contributed by atoms with van der Waals surface area (Å²) in [4.78, 5) is 2.18. The Bertz CT molecular complexity index is 771. The molecule has 0 saturated carbocycles. The van der Waals surface area contributed by atoms with Crippen LogP contribution < -0.4 is 4.83 Å². The van der Waals surface area contributed by atoms with Gasteiger partial charge in [0.05, 0.1) is 10.6 Å². The fraction of sp³-hybridized carbons (Fsp3) is 0.0714. The number of aromatic hydroxyl groups is 1. The Kier molecular flexibility index (Phi) is 4.50. The maximum absolute atomic E-state index is 12.0. The second kappa shape index (κ2) is 6.15. The summed E-state index contributed by atoms with van der Waals surface area (Å²) in [5.41, 5.74) is 0.807. The van der Waals surface area contributed by atoms with Crippen molar-refractivity contribution < 1.29 is 13.5 Å². The van der Waals surface area contributed by atoms with Gasteiger partial charge in [0.25, 0.3) is 10.0 Å². The number of para-hydroxylation sites is 1. The lowest BCUT2D eigenvalue weighted by Crippen LogP contribution is -2.19. The van der Waals surface area contributed by atoms with Gasteiger partial charge in [0, 0.05) is 10.6 Å². The molecule has 5 nitrogen and oxygen atoms in total. The van der Waals surface area contributed by atoms with Crippen LogP contribution in [0.15, 0.2) is 58.5 Å². The number of nitrogens with zero attached hydrogens (tertiary/aromatic N) is 1. The number of halogens is 1. The molecular formula is C14H13ClN2O3S. The van der Waals surface area contributed by atoms with Crippen LogP contribution in [0.25, 0.3) is 0 Å². The van der Waals surface area contributed by atoms with Crippen LogP contribution in [0.4, 0.5) is 0 Å². The largest absolute Gasteiger partial charge is 0.507 e. The van der Waals surface area contributed by atoms with Gasteiger partial charge in [-0.15, -0.1) is 0 Å². The fourth-order valence-electron chi connectivity index (χ4n) is 1.63. The molecule has 2 aromatic carbocycles. The first-order valence-corrected chi connectivity index (χ1v) is 7.86. The van der Waals surface area contributed by atoms with E-state index >= 15 is 0 Å². The molecule has 110 valence electrons. The Morgan fingerprint density at radius 2 is 1.76 bits per heavy atom. The summed E-state index contributed by atoms with van der Waals surface area (Å²) in [7, 11) is -3.77. The topological polar surface area (TPSA) is 78.8 Å². The predicted molar refractivity (Wildman–Crippen MR) is 82.1 cm³/mol. The molecule has 0 aliphatic carbocycles. The molecule has 2 rings (SSSR count). The monoisotopic (exact) mass is 324 g/mol. The molecule has 0 radical (unpaired) electrons. The molecule has 0 saturated heterocycles. The van der Waals surface area contributed by atoms with E-state index in [4.69, 9.17) is 11.6 Å². The average Bonchev–Trinajstić information content (AvgIpc) is 2.46. The Balaban J connectivity index is 2.23. The second-order valence-electron chi connectivity index (χ2n) is 4.26. The highest BCUT2D eigenvalue weighted by Crippen LogP contribution is 2.17. The summed E-state index contributed by atoms with van der Waals surface area (Å²) in [5.74, 6) is 0.0319. The number of hydrazone groups is 1. The van der Waals surface area contributed by atoms with Gasteiger partial charge in [-0.05, 0) is 43.3 Å². The zero-order valence-electron chi connectivity index (χ0n) is 11.1. The average molecular weight is 325 g/mol. The van der Waals surface area contributed by atoms with E-state index in [0.29, 0.717) is 16.3 Å². The smallest absolute Gasteiger partial charge is 0.276 e. The van der Waals surface area contributed by atoms with Crippen LogP contribution in [0, 0.1) is 0 Å². The first kappa shape index (κ1) is 15.3. The molecule has 0 unspecified atom stereocenters. The third kappa shape index (κ3) is 3.74. The van der Waals surface area contributed by atoms with Gasteiger partial charge in [0.15, 0.2) is 0 Å². The number of nitrogens with one attached hydrogen (secondary N) is 1. The van der Waals surface area contributed by atoms with Gasteiger partial charge < -0.3 is 5.11 Å². The molecule has 0 atom stereocenters. The normalized spacial score (nSPS) is 12.2. The van der Waals surface area contributed by atoms with Crippen molar-refractivity contribution in [1.29, 1.82) is 0 Å². The minimum absolute atomic E-state index is 0.0319. The molecule has 0 aliphatic rings. The highest BCUT2D eigenvalue weighted by molar-refractivity contribution is 7.89. The molecule has 2 N–H and O–H groups in total. The van der Waals surface area contributed by atoms with Crippen molar-refractivity contribution in [2.24, 2.45) is 5.10 Å². The lowest BCUT2D eigenvalue weighted by molar-refractivity contribution is 0.474. The summed E-state index contributed by atoms with van der Waals surface area (Å²) in [6.45, 7) is 1.60. The maximum atomic E-state index is 12.0. The number of benzene rings is 2. The van der Waals surface area contributed by atoms with E-state index in [1.807, 2.05) is 0 Å². The van der Waals surface area contributed by atoms with Gasteiger partial charge >= 0.3 is 0 Å². The van der Waals surface area contributed by atoms with E-state index < -0.39 is 10.0 Å². The van der Waals surface area contributed by atoms with Crippen LogP contribution in [0.1, 0.15) is 12.5 Å². The van der Waals surface area contributed by atoms with Crippen molar-refractivity contribution in [3.05, 3.63) is 59.1 Å². The first-order valence-electron chi connectivity index (χ1n) is 6.00. The Morgan fingerprint density at radius 3 is 2.38 bits per heavy atom. The molecule has 21 heavy (non-hydrogen) atoms. The molecule has 2 aromatic rings. The molecule has 0 bridgehead atoms. The van der Waals surface area contributed by atoms with Crippen LogP contribution >= 0.6 is 11.6 Å². The Labute approximate surface area is 127 Å². The van der Waals surface area contributed by atoms with Crippen LogP contribution in [-0.4, -0.2) is 19.2 Å². The molecule has 7 heteroatoms. The van der Waals surface area contributed by atoms with Gasteiger partial charge in [0.2, 0.25) is 0 Å². The van der Waals surface area contributed by atoms with Crippen molar-refractivity contribution in [3.8, 4) is 5.75 Å². The fourth-order valence-corrected chi connectivity index (χ4v) is 2.62. The highest BCUT2D eigenvalue weighted by Gasteiger charge is 2.13. The zero-order chi connectivity index (χ0) is 15.5. The molecule has 0 spiro atoms. The SMILES string of the molecule is C/C(=N\NS(=O)(=O)c1ccc(Cl)cc1)c1ccccc1O. The number of hydrogen-bond acceptors (Lipinski definition) is 4. The predicted octanol–water partition coefficient (Wildman–Crippen LogP) is 2.75. The lowest BCUT2D eigenvalue weighted by Gasteiger charge is -2.06. The van der Waals surface area contributed by atoms with Crippen LogP contribution in [0.2, 0.25) is 5.02 Å². The second-order valence-corrected chi connectivity index (χ2v) is 6.36. The van der Waals surface area contributed by atoms with E-state index in [0.717, 1.165) is 0 Å². The number of phenolic OH excluding ortho intramolecular Hbond substituents is 1. The molecule has 0 heterocycles. The summed E-state index contributed by atoms with van der Waals surface area (Å²) >= 11 is 5.72. The first-order chi connectivity index (χ1) is 9.90. The van der Waals surface area contributed by atoms with Crippen molar-refractivity contribution in [3.63, 3.8) is 0 Å². The molecular weight excluding hydrogens is 312 g/mol. The third-order valence-corrected chi connectivity index (χ3v) is 4.23. The summed E-state index contributed by atoms with van der Waals surface area (Å²) < 4.78 is 24.1. The quantitative estimate of drug-likeness (QED) is 0.670. The highest BCUT2D eigenvalue weighted by atomic mass is 35.5. The van der Waals surface area contributed by atoms with Crippen LogP contribution in [-0.2, 0) is 10.0 Å². The summed E-state index contributed by atoms with van der Waals surface area (Å²) in [5, 5.41) is 13.9. The summed E-state index contributed by atoms with van der Waals surface area (Å²) in [6.07, 6.45) is 0. The number of sulfonamides is 1. The van der Waals surface area contributed by atoms with E-state index in [-0.39, 0.29) is 10.6 Å². The van der Waals surface area contributed by atoms with Gasteiger partial charge in [0.1, 0.15) is 5.75 Å². The molecule has 0 aromatic heterocycles. The van der Waals surface area contributed by atoms with Crippen molar-refractivity contribution in [2.75, 3.05) is 0 Å². The standard InChI is InChI=1S/C14H13ClN2O3S/c1-10(13-4-2-3-5-14(13)18)16-17-21(19,20)12-8-6-11(15)7-9-12/h2-9,17-18H,1H3/b16-10+. The minimum Gasteiger partial charge on any atom is -0.507 e. The van der Waals surface area contributed by atoms with Gasteiger partial charge in [-0.1, -0.05) is 23.7 Å². The summed E-state index contributed by atoms with van der Waals surface area (Å²) in [6, 6.07) is 12.3. The Hall–Kier alpha value is -2.05. The molecule has 0 amide bonds. The molecule has 0 fully saturated rings. The van der Waals surface area contributed by atoms with E-state index in [2.05, 4.69) is 9.93 Å². The minimum atomic E-state index is -3.77. The van der Waals surface area contributed by atoms with Gasteiger partial charge in [-0.2, -0.15) is 18.4 Å². The van der Waals surface area contributed by atoms with Gasteiger partial charge in [-0.25, -0.2) is 0 Å². The Morgan fingerprint density at radius 1 is 1.14 bits per heavy atom. The number of rotatable bonds is 4. The number of hydrogen-bond donors (Lipinski definition) is 2. The zero-order valence-corrected chi connectivity index (χ0v) is 12.7. The lowest BCUT2D eigenvalue weighted by atomic mass is 10.1. The van der Waals surface area contributed by atoms with Crippen molar-refractivity contribution in [1.82, 2.24) is 4.83 Å². The van der Waals surface area contributed by atoms with Crippen molar-refractivity contribution >= 4 is 27.3 Å².